The molecule has 0 spiro atoms. The van der Waals surface area contributed by atoms with Crippen LogP contribution in [0, 0.1) is 16.2 Å². The summed E-state index contributed by atoms with van der Waals surface area (Å²) in [7, 11) is 0. The van der Waals surface area contributed by atoms with Crippen LogP contribution in [0.25, 0.3) is 0 Å². The Morgan fingerprint density at radius 2 is 1.60 bits per heavy atom. The Morgan fingerprint density at radius 3 is 1.87 bits per heavy atom. The molecule has 1 unspecified atom stereocenters. The summed E-state index contributed by atoms with van der Waals surface area (Å²) in [4.78, 5) is 23.0. The van der Waals surface area contributed by atoms with Crippen LogP contribution in [0.4, 0.5) is 0 Å². The molecule has 1 aliphatic heterocycles. The zero-order valence-electron chi connectivity index (χ0n) is 10.4. The predicted molar refractivity (Wildman–Crippen MR) is 57.1 cm³/mol. The van der Waals surface area contributed by atoms with Crippen LogP contribution in [0.3, 0.4) is 0 Å². The maximum atomic E-state index is 11.8. The van der Waals surface area contributed by atoms with E-state index < -0.39 is 11.4 Å². The molecule has 0 aromatic carbocycles. The van der Waals surface area contributed by atoms with Crippen molar-refractivity contribution in [3.8, 4) is 0 Å². The number of cyclic esters (lactones) is 2. The molecule has 86 valence electrons. The van der Waals surface area contributed by atoms with Crippen LogP contribution in [-0.2, 0) is 14.3 Å². The molecule has 1 fully saturated rings. The van der Waals surface area contributed by atoms with E-state index in [2.05, 4.69) is 25.5 Å². The van der Waals surface area contributed by atoms with Crippen molar-refractivity contribution in [2.24, 2.45) is 16.2 Å². The number of hydrogen-bond donors (Lipinski definition) is 0. The highest BCUT2D eigenvalue weighted by molar-refractivity contribution is 5.97. The van der Waals surface area contributed by atoms with Gasteiger partial charge in [0.05, 0.1) is 11.8 Å². The van der Waals surface area contributed by atoms with Gasteiger partial charge in [0.1, 0.15) is 0 Å². The lowest BCUT2D eigenvalue weighted by Crippen LogP contribution is -2.47. The molecule has 1 saturated heterocycles. The Labute approximate surface area is 91.2 Å². The third kappa shape index (κ3) is 1.58. The number of hydrogen-bond acceptors (Lipinski definition) is 3. The third-order valence-electron chi connectivity index (χ3n) is 4.41. The Kier molecular flexibility index (Phi) is 2.49. The zero-order chi connectivity index (χ0) is 12.1. The summed E-state index contributed by atoms with van der Waals surface area (Å²) in [6.45, 7) is 12.1. The fourth-order valence-corrected chi connectivity index (χ4v) is 1.92. The van der Waals surface area contributed by atoms with E-state index in [-0.39, 0.29) is 23.2 Å². The second-order valence-corrected chi connectivity index (χ2v) is 6.15. The van der Waals surface area contributed by atoms with Gasteiger partial charge in [-0.3, -0.25) is 9.59 Å². The fourth-order valence-electron chi connectivity index (χ4n) is 1.92. The van der Waals surface area contributed by atoms with Gasteiger partial charge >= 0.3 is 11.9 Å². The highest BCUT2D eigenvalue weighted by Gasteiger charge is 2.58. The van der Waals surface area contributed by atoms with Crippen molar-refractivity contribution in [2.45, 2.75) is 48.0 Å². The molecule has 0 saturated carbocycles. The molecule has 1 rings (SSSR count). The number of carbonyl (C=O) groups is 2. The quantitative estimate of drug-likeness (QED) is 0.495. The number of ether oxygens (including phenoxy) is 1. The van der Waals surface area contributed by atoms with Crippen molar-refractivity contribution in [3.63, 3.8) is 0 Å². The Bertz CT molecular complexity index is 309. The van der Waals surface area contributed by atoms with E-state index in [0.717, 1.165) is 0 Å². The molecule has 0 bridgehead atoms. The van der Waals surface area contributed by atoms with Crippen molar-refractivity contribution in [2.75, 3.05) is 0 Å². The van der Waals surface area contributed by atoms with Crippen LogP contribution in [0.1, 0.15) is 48.0 Å². The van der Waals surface area contributed by atoms with Crippen molar-refractivity contribution < 1.29 is 14.3 Å². The van der Waals surface area contributed by atoms with Crippen molar-refractivity contribution in [3.05, 3.63) is 0 Å². The maximum absolute atomic E-state index is 11.8. The van der Waals surface area contributed by atoms with Gasteiger partial charge in [0, 0.05) is 0 Å². The molecule has 3 nitrogen and oxygen atoms in total. The Hall–Kier alpha value is -0.860. The first kappa shape index (κ1) is 12.2. The monoisotopic (exact) mass is 212 g/mol. The molecule has 0 aliphatic carbocycles. The molecule has 1 aliphatic rings. The van der Waals surface area contributed by atoms with E-state index in [4.69, 9.17) is 0 Å². The van der Waals surface area contributed by atoms with E-state index >= 15 is 0 Å². The van der Waals surface area contributed by atoms with Crippen LogP contribution in [-0.4, -0.2) is 11.9 Å². The van der Waals surface area contributed by atoms with Gasteiger partial charge in [-0.2, -0.15) is 0 Å². The zero-order valence-corrected chi connectivity index (χ0v) is 10.4. The number of carbonyl (C=O) groups excluding carboxylic acids is 2. The molecule has 1 heterocycles. The molecular formula is C12H20O3. The van der Waals surface area contributed by atoms with Gasteiger partial charge in [-0.1, -0.05) is 34.6 Å². The van der Waals surface area contributed by atoms with Crippen LogP contribution < -0.4 is 0 Å². The fraction of sp³-hybridized carbons (Fsp3) is 0.833. The van der Waals surface area contributed by atoms with Crippen molar-refractivity contribution >= 4 is 11.9 Å². The van der Waals surface area contributed by atoms with Gasteiger partial charge in [-0.05, 0) is 17.8 Å². The summed E-state index contributed by atoms with van der Waals surface area (Å²) < 4.78 is 4.68. The topological polar surface area (TPSA) is 43.4 Å². The summed E-state index contributed by atoms with van der Waals surface area (Å²) >= 11 is 0. The summed E-state index contributed by atoms with van der Waals surface area (Å²) in [6, 6.07) is 0. The summed E-state index contributed by atoms with van der Waals surface area (Å²) in [5, 5.41) is 0. The average molecular weight is 212 g/mol. The van der Waals surface area contributed by atoms with Gasteiger partial charge < -0.3 is 4.74 Å². The SMILES string of the molecule is CC(C)(C)C(C)(C)C1(C)CC(=O)OC1=O. The molecule has 0 aromatic rings. The van der Waals surface area contributed by atoms with E-state index in [9.17, 15) is 9.59 Å². The first-order chi connectivity index (χ1) is 6.52. The van der Waals surface area contributed by atoms with Crippen LogP contribution in [0.5, 0.6) is 0 Å². The lowest BCUT2D eigenvalue weighted by atomic mass is 9.54. The standard InChI is InChI=1S/C12H20O3/c1-10(2,3)11(4,5)12(6)7-8(13)15-9(12)14/h7H2,1-6H3. The van der Waals surface area contributed by atoms with E-state index in [1.54, 1.807) is 0 Å². The highest BCUT2D eigenvalue weighted by atomic mass is 16.6. The van der Waals surface area contributed by atoms with Crippen LogP contribution in [0.2, 0.25) is 0 Å². The lowest BCUT2D eigenvalue weighted by molar-refractivity contribution is -0.160. The van der Waals surface area contributed by atoms with Gasteiger partial charge in [0.25, 0.3) is 0 Å². The third-order valence-corrected chi connectivity index (χ3v) is 4.41. The molecule has 15 heavy (non-hydrogen) atoms. The average Bonchev–Trinajstić information content (AvgIpc) is 2.24. The minimum absolute atomic E-state index is 0.0641. The number of esters is 2. The van der Waals surface area contributed by atoms with E-state index in [1.165, 1.54) is 0 Å². The largest absolute Gasteiger partial charge is 0.393 e. The van der Waals surface area contributed by atoms with Gasteiger partial charge in [0.15, 0.2) is 0 Å². The second-order valence-electron chi connectivity index (χ2n) is 6.15. The molecule has 0 aromatic heterocycles. The summed E-state index contributed by atoms with van der Waals surface area (Å²) in [6.07, 6.45) is 0.191. The van der Waals surface area contributed by atoms with E-state index in [0.29, 0.717) is 0 Å². The molecule has 0 N–H and O–H groups in total. The lowest BCUT2D eigenvalue weighted by Gasteiger charge is -2.47. The molecule has 3 heteroatoms. The molecule has 0 radical (unpaired) electrons. The minimum atomic E-state index is -0.706. The van der Waals surface area contributed by atoms with Crippen LogP contribution in [0.15, 0.2) is 0 Å². The van der Waals surface area contributed by atoms with Crippen LogP contribution >= 0.6 is 0 Å². The first-order valence-electron chi connectivity index (χ1n) is 5.27. The molecule has 0 amide bonds. The minimum Gasteiger partial charge on any atom is -0.393 e. The normalized spacial score (nSPS) is 28.1. The van der Waals surface area contributed by atoms with Gasteiger partial charge in [0.2, 0.25) is 0 Å². The second kappa shape index (κ2) is 3.06. The predicted octanol–water partition coefficient (Wildman–Crippen LogP) is 2.54. The van der Waals surface area contributed by atoms with Gasteiger partial charge in [-0.25, -0.2) is 0 Å². The number of rotatable bonds is 1. The summed E-state index contributed by atoms with van der Waals surface area (Å²) in [5.41, 5.74) is -1.06. The molecule has 1 atom stereocenters. The highest BCUT2D eigenvalue weighted by Crippen LogP contribution is 2.55. The smallest absolute Gasteiger partial charge is 0.320 e. The first-order valence-corrected chi connectivity index (χ1v) is 5.27. The van der Waals surface area contributed by atoms with Crippen molar-refractivity contribution in [1.82, 2.24) is 0 Å². The van der Waals surface area contributed by atoms with E-state index in [1.807, 2.05) is 20.8 Å². The maximum Gasteiger partial charge on any atom is 0.320 e. The summed E-state index contributed by atoms with van der Waals surface area (Å²) in [5.74, 6) is -0.785. The molecular weight excluding hydrogens is 192 g/mol. The Morgan fingerprint density at radius 1 is 1.13 bits per heavy atom. The van der Waals surface area contributed by atoms with Crippen molar-refractivity contribution in [1.29, 1.82) is 0 Å². The van der Waals surface area contributed by atoms with Gasteiger partial charge in [-0.15, -0.1) is 0 Å². The Balaban J connectivity index is 3.16.